The van der Waals surface area contributed by atoms with Gasteiger partial charge in [0.25, 0.3) is 0 Å². The number of nitrogen functional groups attached to an aromatic ring is 1. The van der Waals surface area contributed by atoms with Crippen molar-refractivity contribution >= 4 is 21.7 Å². The van der Waals surface area contributed by atoms with Crippen molar-refractivity contribution in [3.05, 3.63) is 23.8 Å². The van der Waals surface area contributed by atoms with Crippen LogP contribution in [0.15, 0.2) is 23.1 Å². The second-order valence-electron chi connectivity index (χ2n) is 3.75. The largest absolute Gasteiger partial charge is 0.469 e. The van der Waals surface area contributed by atoms with Gasteiger partial charge in [-0.3, -0.25) is 4.79 Å². The summed E-state index contributed by atoms with van der Waals surface area (Å²) in [5, 5.41) is 0. The monoisotopic (exact) mass is 272 g/mol. The van der Waals surface area contributed by atoms with Crippen LogP contribution in [0.1, 0.15) is 12.0 Å². The average Bonchev–Trinajstić information content (AvgIpc) is 2.31. The predicted molar refractivity (Wildman–Crippen MR) is 67.4 cm³/mol. The van der Waals surface area contributed by atoms with Crippen LogP contribution < -0.4 is 10.5 Å². The summed E-state index contributed by atoms with van der Waals surface area (Å²) < 4.78 is 30.7. The Hall–Kier alpha value is -1.60. The Morgan fingerprint density at radius 2 is 2.11 bits per heavy atom. The molecular weight excluding hydrogens is 256 g/mol. The third kappa shape index (κ3) is 3.71. The number of rotatable bonds is 5. The summed E-state index contributed by atoms with van der Waals surface area (Å²) in [7, 11) is -2.41. The molecule has 0 heterocycles. The topological polar surface area (TPSA) is 98.5 Å². The fraction of sp³-hybridized carbons (Fsp3) is 0.364. The minimum atomic E-state index is -3.66. The number of nitrogens with two attached hydrogens (primary N) is 1. The molecule has 0 aliphatic heterocycles. The van der Waals surface area contributed by atoms with Gasteiger partial charge in [0.05, 0.1) is 18.4 Å². The third-order valence-corrected chi connectivity index (χ3v) is 3.95. The Morgan fingerprint density at radius 1 is 1.44 bits per heavy atom. The molecule has 0 spiro atoms. The van der Waals surface area contributed by atoms with Gasteiger partial charge < -0.3 is 10.5 Å². The van der Waals surface area contributed by atoms with Crippen LogP contribution in [0.4, 0.5) is 5.69 Å². The van der Waals surface area contributed by atoms with E-state index < -0.39 is 16.0 Å². The fourth-order valence-corrected chi connectivity index (χ4v) is 2.68. The van der Waals surface area contributed by atoms with Crippen molar-refractivity contribution in [2.24, 2.45) is 0 Å². The lowest BCUT2D eigenvalue weighted by atomic mass is 10.2. The molecule has 0 radical (unpaired) electrons. The molecular formula is C11H16N2O4S. The maximum absolute atomic E-state index is 12.0. The van der Waals surface area contributed by atoms with Crippen LogP contribution in [0.25, 0.3) is 0 Å². The standard InChI is InChI=1S/C11H16N2O4S/c1-8-3-4-9(12)7-10(8)18(15,16)13-6-5-11(14)17-2/h3-4,7,13H,5-6,12H2,1-2H3. The number of ether oxygens (including phenoxy) is 1. The lowest BCUT2D eigenvalue weighted by molar-refractivity contribution is -0.140. The molecule has 0 saturated heterocycles. The normalized spacial score (nSPS) is 11.2. The van der Waals surface area contributed by atoms with Gasteiger partial charge in [-0.15, -0.1) is 0 Å². The summed E-state index contributed by atoms with van der Waals surface area (Å²) in [6.45, 7) is 1.66. The molecule has 100 valence electrons. The van der Waals surface area contributed by atoms with Gasteiger partial charge in [0.15, 0.2) is 0 Å². The van der Waals surface area contributed by atoms with Crippen molar-refractivity contribution in [3.8, 4) is 0 Å². The summed E-state index contributed by atoms with van der Waals surface area (Å²) in [6, 6.07) is 4.64. The van der Waals surface area contributed by atoms with E-state index in [4.69, 9.17) is 5.73 Å². The summed E-state index contributed by atoms with van der Waals surface area (Å²) in [5.74, 6) is -0.470. The maximum atomic E-state index is 12.0. The van der Waals surface area contributed by atoms with Crippen LogP contribution in [0.3, 0.4) is 0 Å². The first-order valence-corrected chi connectivity index (χ1v) is 6.78. The Balaban J connectivity index is 2.80. The van der Waals surface area contributed by atoms with Gasteiger partial charge in [-0.05, 0) is 24.6 Å². The summed E-state index contributed by atoms with van der Waals surface area (Å²) in [5.41, 5.74) is 6.52. The maximum Gasteiger partial charge on any atom is 0.306 e. The summed E-state index contributed by atoms with van der Waals surface area (Å²) in [6.07, 6.45) is -0.0168. The molecule has 6 nitrogen and oxygen atoms in total. The molecule has 0 bridgehead atoms. The zero-order chi connectivity index (χ0) is 13.8. The molecule has 1 aromatic carbocycles. The van der Waals surface area contributed by atoms with Crippen molar-refractivity contribution in [2.45, 2.75) is 18.2 Å². The lowest BCUT2D eigenvalue weighted by Crippen LogP contribution is -2.27. The molecule has 1 aromatic rings. The number of carbonyl (C=O) groups is 1. The van der Waals surface area contributed by atoms with E-state index in [1.54, 1.807) is 19.1 Å². The van der Waals surface area contributed by atoms with Crippen molar-refractivity contribution in [1.82, 2.24) is 4.72 Å². The van der Waals surface area contributed by atoms with Crippen molar-refractivity contribution < 1.29 is 17.9 Å². The first-order chi connectivity index (χ1) is 8.36. The average molecular weight is 272 g/mol. The zero-order valence-electron chi connectivity index (χ0n) is 10.3. The van der Waals surface area contributed by atoms with Gasteiger partial charge in [-0.25, -0.2) is 13.1 Å². The van der Waals surface area contributed by atoms with Crippen LogP contribution in [-0.4, -0.2) is 28.0 Å². The number of anilines is 1. The number of hydrogen-bond acceptors (Lipinski definition) is 5. The van der Waals surface area contributed by atoms with E-state index >= 15 is 0 Å². The molecule has 0 atom stereocenters. The third-order valence-electron chi connectivity index (χ3n) is 2.35. The Labute approximate surface area is 106 Å². The minimum Gasteiger partial charge on any atom is -0.469 e. The molecule has 0 amide bonds. The molecule has 7 heteroatoms. The number of methoxy groups -OCH3 is 1. The molecule has 18 heavy (non-hydrogen) atoms. The Bertz CT molecular complexity index is 540. The second kappa shape index (κ2) is 5.83. The molecule has 0 aliphatic carbocycles. The first kappa shape index (κ1) is 14.5. The van der Waals surface area contributed by atoms with E-state index in [0.717, 1.165) is 0 Å². The van der Waals surface area contributed by atoms with E-state index in [0.29, 0.717) is 11.3 Å². The highest BCUT2D eigenvalue weighted by Crippen LogP contribution is 2.17. The van der Waals surface area contributed by atoms with E-state index in [-0.39, 0.29) is 17.9 Å². The molecule has 0 saturated carbocycles. The van der Waals surface area contributed by atoms with E-state index in [1.807, 2.05) is 0 Å². The highest BCUT2D eigenvalue weighted by Gasteiger charge is 2.17. The highest BCUT2D eigenvalue weighted by molar-refractivity contribution is 7.89. The Morgan fingerprint density at radius 3 is 2.72 bits per heavy atom. The van der Waals surface area contributed by atoms with Gasteiger partial charge in [0, 0.05) is 12.2 Å². The van der Waals surface area contributed by atoms with Crippen molar-refractivity contribution in [1.29, 1.82) is 0 Å². The quantitative estimate of drug-likeness (QED) is 0.598. The fourth-order valence-electron chi connectivity index (χ4n) is 1.37. The zero-order valence-corrected chi connectivity index (χ0v) is 11.1. The van der Waals surface area contributed by atoms with E-state index in [2.05, 4.69) is 9.46 Å². The molecule has 0 aromatic heterocycles. The Kier molecular flexibility index (Phi) is 4.69. The molecule has 0 fully saturated rings. The van der Waals surface area contributed by atoms with Gasteiger partial charge in [-0.1, -0.05) is 6.07 Å². The van der Waals surface area contributed by atoms with Gasteiger partial charge in [0.1, 0.15) is 0 Å². The van der Waals surface area contributed by atoms with Crippen molar-refractivity contribution in [3.63, 3.8) is 0 Å². The van der Waals surface area contributed by atoms with Gasteiger partial charge in [0.2, 0.25) is 10.0 Å². The molecule has 3 N–H and O–H groups in total. The minimum absolute atomic E-state index is 0.0107. The first-order valence-electron chi connectivity index (χ1n) is 5.29. The van der Waals surface area contributed by atoms with Crippen LogP contribution in [0.2, 0.25) is 0 Å². The summed E-state index contributed by atoms with van der Waals surface area (Å²) >= 11 is 0. The highest BCUT2D eigenvalue weighted by atomic mass is 32.2. The van der Waals surface area contributed by atoms with Gasteiger partial charge >= 0.3 is 5.97 Å². The number of sulfonamides is 1. The number of nitrogens with one attached hydrogen (secondary N) is 1. The van der Waals surface area contributed by atoms with Crippen molar-refractivity contribution in [2.75, 3.05) is 19.4 Å². The van der Waals surface area contributed by atoms with Crippen LogP contribution in [0, 0.1) is 6.92 Å². The molecule has 0 unspecified atom stereocenters. The predicted octanol–water partition coefficient (Wildman–Crippen LogP) is 0.419. The smallest absolute Gasteiger partial charge is 0.306 e. The number of esters is 1. The van der Waals surface area contributed by atoms with E-state index in [9.17, 15) is 13.2 Å². The van der Waals surface area contributed by atoms with E-state index in [1.165, 1.54) is 13.2 Å². The number of hydrogen-bond donors (Lipinski definition) is 2. The summed E-state index contributed by atoms with van der Waals surface area (Å²) in [4.78, 5) is 11.0. The molecule has 1 rings (SSSR count). The van der Waals surface area contributed by atoms with Crippen LogP contribution in [-0.2, 0) is 19.6 Å². The van der Waals surface area contributed by atoms with Gasteiger partial charge in [-0.2, -0.15) is 0 Å². The SMILES string of the molecule is COC(=O)CCNS(=O)(=O)c1cc(N)ccc1C. The molecule has 0 aliphatic rings. The van der Waals surface area contributed by atoms with Crippen LogP contribution >= 0.6 is 0 Å². The number of aryl methyl sites for hydroxylation is 1. The number of benzene rings is 1. The number of carbonyl (C=O) groups excluding carboxylic acids is 1. The lowest BCUT2D eigenvalue weighted by Gasteiger charge is -2.09. The van der Waals surface area contributed by atoms with Crippen LogP contribution in [0.5, 0.6) is 0 Å². The second-order valence-corrected chi connectivity index (χ2v) is 5.48.